The van der Waals surface area contributed by atoms with Gasteiger partial charge < -0.3 is 25.0 Å². The van der Waals surface area contributed by atoms with Crippen LogP contribution in [0.15, 0.2) is 42.6 Å². The smallest absolute Gasteiger partial charge is 0.268 e. The summed E-state index contributed by atoms with van der Waals surface area (Å²) in [6.07, 6.45) is 1.37. The maximum Gasteiger partial charge on any atom is 0.268 e. The average Bonchev–Trinajstić information content (AvgIpc) is 2.92. The molecule has 0 spiro atoms. The number of anilines is 4. The fourth-order valence-electron chi connectivity index (χ4n) is 4.85. The summed E-state index contributed by atoms with van der Waals surface area (Å²) in [6.45, 7) is 3.76. The summed E-state index contributed by atoms with van der Waals surface area (Å²) in [7, 11) is -3.61. The van der Waals surface area contributed by atoms with Gasteiger partial charge in [0.2, 0.25) is 21.9 Å². The Kier molecular flexibility index (Phi) is 7.90. The van der Waals surface area contributed by atoms with Gasteiger partial charge in [0, 0.05) is 43.8 Å². The first-order chi connectivity index (χ1) is 19.8. The van der Waals surface area contributed by atoms with E-state index in [0.29, 0.717) is 40.2 Å². The van der Waals surface area contributed by atoms with Crippen molar-refractivity contribution >= 4 is 62.1 Å². The van der Waals surface area contributed by atoms with E-state index in [-0.39, 0.29) is 35.9 Å². The first-order valence-electron chi connectivity index (χ1n) is 13.0. The molecule has 2 aromatic carbocycles. The van der Waals surface area contributed by atoms with E-state index in [9.17, 15) is 13.2 Å². The summed E-state index contributed by atoms with van der Waals surface area (Å²) in [5.74, 6) is -0.292. The van der Waals surface area contributed by atoms with Gasteiger partial charge in [-0.2, -0.15) is 4.98 Å². The van der Waals surface area contributed by atoms with Crippen molar-refractivity contribution in [3.63, 3.8) is 0 Å². The summed E-state index contributed by atoms with van der Waals surface area (Å²) >= 11 is 12.6. The van der Waals surface area contributed by atoms with Gasteiger partial charge >= 0.3 is 0 Å². The van der Waals surface area contributed by atoms with Gasteiger partial charge in [0.25, 0.3) is 5.91 Å². The van der Waals surface area contributed by atoms with Crippen molar-refractivity contribution in [1.82, 2.24) is 20.0 Å². The molecular weight excluding hydrogens is 593 g/mol. The Morgan fingerprint density at radius 3 is 2.56 bits per heavy atom. The Bertz CT molecular complexity index is 1560. The average molecular weight is 621 g/mol. The monoisotopic (exact) mass is 619 g/mol. The highest BCUT2D eigenvalue weighted by atomic mass is 35.5. The van der Waals surface area contributed by atoms with Crippen LogP contribution in [0.4, 0.5) is 23.0 Å². The van der Waals surface area contributed by atoms with Gasteiger partial charge in [-0.25, -0.2) is 18.1 Å². The molecule has 3 aliphatic heterocycles. The van der Waals surface area contributed by atoms with Crippen molar-refractivity contribution in [2.45, 2.75) is 11.8 Å². The van der Waals surface area contributed by atoms with Crippen molar-refractivity contribution in [2.75, 3.05) is 61.2 Å². The normalized spacial score (nSPS) is 17.6. The first kappa shape index (κ1) is 27.9. The number of amides is 1. The van der Waals surface area contributed by atoms with Crippen LogP contribution in [0.5, 0.6) is 5.88 Å². The SMILES string of the molecule is O=C1c2cnc(Nc3ccc(N4CCNCC4)c(CS(=O)(=O)NC4COC4)c3)nc2OCN1c1c(Cl)cccc1Cl. The predicted molar refractivity (Wildman–Crippen MR) is 156 cm³/mol. The van der Waals surface area contributed by atoms with Crippen LogP contribution in [0.2, 0.25) is 10.0 Å². The molecule has 3 aliphatic rings. The minimum Gasteiger partial charge on any atom is -0.455 e. The molecule has 0 atom stereocenters. The van der Waals surface area contributed by atoms with E-state index in [0.717, 1.165) is 31.9 Å². The van der Waals surface area contributed by atoms with E-state index in [1.165, 1.54) is 11.1 Å². The molecule has 4 heterocycles. The number of sulfonamides is 1. The third-order valence-electron chi connectivity index (χ3n) is 6.89. The number of para-hydroxylation sites is 1. The number of piperazine rings is 1. The number of carbonyl (C=O) groups is 1. The van der Waals surface area contributed by atoms with Crippen LogP contribution in [-0.2, 0) is 20.5 Å². The molecule has 0 bridgehead atoms. The number of hydrogen-bond donors (Lipinski definition) is 3. The summed E-state index contributed by atoms with van der Waals surface area (Å²) in [5.41, 5.74) is 2.59. The number of halogens is 2. The zero-order valence-electron chi connectivity index (χ0n) is 21.8. The van der Waals surface area contributed by atoms with Crippen molar-refractivity contribution in [3.8, 4) is 5.88 Å². The van der Waals surface area contributed by atoms with E-state index in [4.69, 9.17) is 32.7 Å². The number of nitrogens with one attached hydrogen (secondary N) is 3. The summed E-state index contributed by atoms with van der Waals surface area (Å²) in [5, 5.41) is 7.06. The van der Waals surface area contributed by atoms with Gasteiger partial charge in [-0.3, -0.25) is 9.69 Å². The first-order valence-corrected chi connectivity index (χ1v) is 15.4. The Hall–Kier alpha value is -3.20. The summed E-state index contributed by atoms with van der Waals surface area (Å²) < 4.78 is 39.5. The number of fused-ring (bicyclic) bond motifs is 1. The lowest BCUT2D eigenvalue weighted by Gasteiger charge is -2.32. The van der Waals surface area contributed by atoms with E-state index < -0.39 is 15.9 Å². The highest BCUT2D eigenvalue weighted by molar-refractivity contribution is 7.88. The molecule has 0 radical (unpaired) electrons. The fourth-order valence-corrected chi connectivity index (χ4v) is 6.82. The van der Waals surface area contributed by atoms with Crippen LogP contribution in [0.1, 0.15) is 15.9 Å². The van der Waals surface area contributed by atoms with E-state index in [1.54, 1.807) is 24.3 Å². The second-order valence-electron chi connectivity index (χ2n) is 9.81. The summed E-state index contributed by atoms with van der Waals surface area (Å²) in [4.78, 5) is 25.4. The van der Waals surface area contributed by atoms with E-state index in [2.05, 4.69) is 30.2 Å². The van der Waals surface area contributed by atoms with Gasteiger partial charge in [-0.05, 0) is 35.9 Å². The molecule has 41 heavy (non-hydrogen) atoms. The van der Waals surface area contributed by atoms with E-state index >= 15 is 0 Å². The topological polar surface area (TPSA) is 138 Å². The molecule has 0 unspecified atom stereocenters. The molecule has 3 aromatic rings. The fraction of sp³-hybridized carbons (Fsp3) is 0.346. The Balaban J connectivity index is 1.24. The number of nitrogens with zero attached hydrogens (tertiary/aromatic N) is 4. The number of benzene rings is 2. The molecule has 15 heteroatoms. The van der Waals surface area contributed by atoms with Crippen LogP contribution >= 0.6 is 23.2 Å². The molecule has 216 valence electrons. The maximum absolute atomic E-state index is 13.2. The quantitative estimate of drug-likeness (QED) is 0.345. The molecule has 12 nitrogen and oxygen atoms in total. The Morgan fingerprint density at radius 2 is 1.85 bits per heavy atom. The Morgan fingerprint density at radius 1 is 1.10 bits per heavy atom. The zero-order chi connectivity index (χ0) is 28.6. The third kappa shape index (κ3) is 6.05. The van der Waals surface area contributed by atoms with Crippen LogP contribution in [-0.4, -0.2) is 76.5 Å². The lowest BCUT2D eigenvalue weighted by atomic mass is 10.1. The van der Waals surface area contributed by atoms with Gasteiger partial charge in [0.15, 0.2) is 6.73 Å². The molecule has 2 saturated heterocycles. The predicted octanol–water partition coefficient (Wildman–Crippen LogP) is 2.75. The zero-order valence-corrected chi connectivity index (χ0v) is 24.1. The van der Waals surface area contributed by atoms with Gasteiger partial charge in [-0.1, -0.05) is 29.3 Å². The standard InChI is InChI=1S/C26H27Cl2N7O5S/c27-20-2-1-3-21(28)23(20)35-15-40-24-19(25(35)36)11-30-26(32-24)31-17-4-5-22(34-8-6-29-7-9-34)16(10-17)14-41(37,38)33-18-12-39-13-18/h1-5,10-11,18,29,33H,6-9,12-15H2,(H,30,31,32). The number of ether oxygens (including phenoxy) is 2. The van der Waals surface area contributed by atoms with Crippen LogP contribution in [0.25, 0.3) is 0 Å². The molecule has 0 saturated carbocycles. The molecular formula is C26H27Cl2N7O5S. The molecule has 3 N–H and O–H groups in total. The highest BCUT2D eigenvalue weighted by Gasteiger charge is 2.31. The second-order valence-corrected chi connectivity index (χ2v) is 12.4. The van der Waals surface area contributed by atoms with Gasteiger partial charge in [0.1, 0.15) is 5.56 Å². The molecule has 6 rings (SSSR count). The lowest BCUT2D eigenvalue weighted by Crippen LogP contribution is -2.49. The highest BCUT2D eigenvalue weighted by Crippen LogP contribution is 2.37. The molecule has 1 amide bonds. The van der Waals surface area contributed by atoms with Crippen molar-refractivity contribution in [2.24, 2.45) is 0 Å². The van der Waals surface area contributed by atoms with Crippen molar-refractivity contribution in [3.05, 3.63) is 63.8 Å². The summed E-state index contributed by atoms with van der Waals surface area (Å²) in [6, 6.07) is 10.3. The largest absolute Gasteiger partial charge is 0.455 e. The van der Waals surface area contributed by atoms with Gasteiger partial charge in [0.05, 0.1) is 40.7 Å². The van der Waals surface area contributed by atoms with Crippen LogP contribution in [0.3, 0.4) is 0 Å². The molecule has 2 fully saturated rings. The van der Waals surface area contributed by atoms with Crippen LogP contribution in [0, 0.1) is 0 Å². The number of aromatic nitrogens is 2. The number of hydrogen-bond acceptors (Lipinski definition) is 10. The second kappa shape index (κ2) is 11.6. The van der Waals surface area contributed by atoms with Crippen molar-refractivity contribution < 1.29 is 22.7 Å². The maximum atomic E-state index is 13.2. The molecule has 0 aliphatic carbocycles. The van der Waals surface area contributed by atoms with Gasteiger partial charge in [-0.15, -0.1) is 0 Å². The Labute approximate surface area is 247 Å². The third-order valence-corrected chi connectivity index (χ3v) is 8.88. The lowest BCUT2D eigenvalue weighted by molar-refractivity contribution is 0.00480. The van der Waals surface area contributed by atoms with Crippen molar-refractivity contribution in [1.29, 1.82) is 0 Å². The van der Waals surface area contributed by atoms with Crippen LogP contribution < -0.4 is 29.9 Å². The molecule has 1 aromatic heterocycles. The minimum atomic E-state index is -3.61. The van der Waals surface area contributed by atoms with E-state index in [1.807, 2.05) is 12.1 Å². The number of carbonyl (C=O) groups excluding carboxylic acids is 1. The minimum absolute atomic E-state index is 0.110. The number of rotatable bonds is 8.